The van der Waals surface area contributed by atoms with E-state index in [0.29, 0.717) is 42.7 Å². The summed E-state index contributed by atoms with van der Waals surface area (Å²) >= 11 is 0. The van der Waals surface area contributed by atoms with E-state index in [1.165, 1.54) is 6.07 Å². The van der Waals surface area contributed by atoms with E-state index in [1.54, 1.807) is 31.0 Å². The van der Waals surface area contributed by atoms with Crippen molar-refractivity contribution in [3.05, 3.63) is 78.1 Å². The van der Waals surface area contributed by atoms with Crippen LogP contribution in [0.1, 0.15) is 23.8 Å². The number of halogens is 1. The zero-order valence-corrected chi connectivity index (χ0v) is 23.5. The van der Waals surface area contributed by atoms with E-state index < -0.39 is 0 Å². The minimum atomic E-state index is -0.292. The Morgan fingerprint density at radius 1 is 1.05 bits per heavy atom. The smallest absolute Gasteiger partial charge is 0.247 e. The molecule has 1 aliphatic heterocycles. The van der Waals surface area contributed by atoms with Crippen molar-refractivity contribution in [2.75, 3.05) is 27.3 Å². The van der Waals surface area contributed by atoms with Crippen LogP contribution in [0.2, 0.25) is 0 Å². The lowest BCUT2D eigenvalue weighted by atomic mass is 9.95. The van der Waals surface area contributed by atoms with E-state index in [2.05, 4.69) is 36.5 Å². The summed E-state index contributed by atoms with van der Waals surface area (Å²) in [7, 11) is 5.16. The second-order valence-electron chi connectivity index (χ2n) is 10.8. The fourth-order valence-corrected chi connectivity index (χ4v) is 5.91. The lowest BCUT2D eigenvalue weighted by Crippen LogP contribution is -2.42. The average molecular weight is 568 g/mol. The number of hydrogen-bond donors (Lipinski definition) is 1. The summed E-state index contributed by atoms with van der Waals surface area (Å²) in [5, 5.41) is 23.0. The molecule has 0 amide bonds. The molecule has 1 aliphatic rings. The molecule has 1 N–H and O–H groups in total. The van der Waals surface area contributed by atoms with Crippen LogP contribution in [0.15, 0.2) is 65.2 Å². The highest BCUT2D eigenvalue weighted by Crippen LogP contribution is 2.34. The first-order chi connectivity index (χ1) is 20.5. The van der Waals surface area contributed by atoms with Crippen LogP contribution in [0.3, 0.4) is 0 Å². The molecule has 2 atom stereocenters. The monoisotopic (exact) mass is 567 g/mol. The van der Waals surface area contributed by atoms with Gasteiger partial charge in [0.1, 0.15) is 11.6 Å². The molecule has 4 heterocycles. The second-order valence-corrected chi connectivity index (χ2v) is 10.8. The number of ether oxygens (including phenoxy) is 2. The third-order valence-electron chi connectivity index (χ3n) is 7.99. The van der Waals surface area contributed by atoms with Crippen LogP contribution in [0.25, 0.3) is 44.5 Å². The molecule has 0 aliphatic carbocycles. The van der Waals surface area contributed by atoms with Crippen molar-refractivity contribution in [2.45, 2.75) is 25.0 Å². The lowest BCUT2D eigenvalue weighted by molar-refractivity contribution is 0.0148. The Morgan fingerprint density at radius 3 is 2.79 bits per heavy atom. The zero-order valence-electron chi connectivity index (χ0n) is 23.5. The van der Waals surface area contributed by atoms with Crippen molar-refractivity contribution in [2.24, 2.45) is 7.05 Å². The number of nitrogens with zero attached hydrogens (tertiary/aromatic N) is 6. The molecular formula is C31H30FN7O3. The normalized spacial score (nSPS) is 17.8. The predicted molar refractivity (Wildman–Crippen MR) is 155 cm³/mol. The molecule has 0 radical (unpaired) electrons. The highest BCUT2D eigenvalue weighted by atomic mass is 19.1. The average Bonchev–Trinajstić information content (AvgIpc) is 3.75. The van der Waals surface area contributed by atoms with Crippen LogP contribution >= 0.6 is 0 Å². The number of aryl methyl sites for hydroxylation is 1. The number of rotatable bonds is 7. The molecule has 11 heteroatoms. The van der Waals surface area contributed by atoms with Crippen LogP contribution in [0.5, 0.6) is 5.75 Å². The maximum absolute atomic E-state index is 14.7. The first-order valence-corrected chi connectivity index (χ1v) is 13.8. The van der Waals surface area contributed by atoms with Gasteiger partial charge >= 0.3 is 0 Å². The minimum Gasteiger partial charge on any atom is -0.496 e. The van der Waals surface area contributed by atoms with Gasteiger partial charge in [-0.25, -0.2) is 4.39 Å². The highest BCUT2D eigenvalue weighted by molar-refractivity contribution is 5.97. The number of likely N-dealkylation sites (tertiary alicyclic amines) is 1. The number of aromatic nitrogens is 6. The van der Waals surface area contributed by atoms with Crippen molar-refractivity contribution in [1.29, 1.82) is 0 Å². The van der Waals surface area contributed by atoms with Crippen LogP contribution in [-0.4, -0.2) is 68.5 Å². The van der Waals surface area contributed by atoms with Crippen LogP contribution < -0.4 is 4.74 Å². The third kappa shape index (κ3) is 4.80. The number of aromatic amines is 1. The van der Waals surface area contributed by atoms with E-state index in [-0.39, 0.29) is 17.8 Å². The fraction of sp³-hybridized carbons (Fsp3) is 0.290. The van der Waals surface area contributed by atoms with Gasteiger partial charge in [0.25, 0.3) is 0 Å². The fourth-order valence-electron chi connectivity index (χ4n) is 5.91. The molecule has 0 saturated carbocycles. The molecule has 7 rings (SSSR count). The second kappa shape index (κ2) is 10.7. The van der Waals surface area contributed by atoms with E-state index in [9.17, 15) is 4.39 Å². The Hall–Kier alpha value is -4.61. The van der Waals surface area contributed by atoms with Gasteiger partial charge in [-0.05, 0) is 48.9 Å². The first-order valence-electron chi connectivity index (χ1n) is 13.8. The molecular weight excluding hydrogens is 537 g/mol. The Bertz CT molecular complexity index is 1890. The van der Waals surface area contributed by atoms with Crippen molar-refractivity contribution >= 4 is 21.8 Å². The number of benzene rings is 3. The van der Waals surface area contributed by atoms with E-state index in [1.807, 2.05) is 43.6 Å². The van der Waals surface area contributed by atoms with Crippen molar-refractivity contribution < 1.29 is 18.3 Å². The molecule has 0 bridgehead atoms. The quantitative estimate of drug-likeness (QED) is 0.276. The summed E-state index contributed by atoms with van der Waals surface area (Å²) in [6.07, 6.45) is 2.66. The maximum Gasteiger partial charge on any atom is 0.247 e. The molecule has 2 unspecified atom stereocenters. The van der Waals surface area contributed by atoms with Crippen LogP contribution in [0.4, 0.5) is 4.39 Å². The van der Waals surface area contributed by atoms with Crippen molar-refractivity contribution in [3.63, 3.8) is 0 Å². The van der Waals surface area contributed by atoms with Gasteiger partial charge < -0.3 is 13.9 Å². The molecule has 10 nitrogen and oxygen atoms in total. The summed E-state index contributed by atoms with van der Waals surface area (Å²) < 4.78 is 33.9. The molecule has 1 saturated heterocycles. The van der Waals surface area contributed by atoms with Gasteiger partial charge in [0.05, 0.1) is 35.9 Å². The van der Waals surface area contributed by atoms with E-state index in [0.717, 1.165) is 45.0 Å². The Labute approximate surface area is 241 Å². The molecule has 3 aromatic heterocycles. The predicted octanol–water partition coefficient (Wildman–Crippen LogP) is 5.32. The van der Waals surface area contributed by atoms with E-state index in [4.69, 9.17) is 13.9 Å². The highest BCUT2D eigenvalue weighted by Gasteiger charge is 2.32. The van der Waals surface area contributed by atoms with Crippen LogP contribution in [0, 0.1) is 5.82 Å². The number of hydrogen-bond acceptors (Lipinski definition) is 8. The molecule has 214 valence electrons. The van der Waals surface area contributed by atoms with Gasteiger partial charge in [-0.2, -0.15) is 10.2 Å². The molecule has 1 fully saturated rings. The molecule has 3 aromatic carbocycles. The lowest BCUT2D eigenvalue weighted by Gasteiger charge is -2.36. The molecule has 0 spiro atoms. The van der Waals surface area contributed by atoms with Crippen LogP contribution in [-0.2, 0) is 18.3 Å². The van der Waals surface area contributed by atoms with Gasteiger partial charge in [0.15, 0.2) is 0 Å². The number of methoxy groups -OCH3 is 2. The van der Waals surface area contributed by atoms with Gasteiger partial charge in [0, 0.05) is 67.5 Å². The van der Waals surface area contributed by atoms with Gasteiger partial charge in [-0.3, -0.25) is 14.7 Å². The summed E-state index contributed by atoms with van der Waals surface area (Å²) in [4.78, 5) is 2.15. The summed E-state index contributed by atoms with van der Waals surface area (Å²) in [6, 6.07) is 16.9. The molecule has 42 heavy (non-hydrogen) atoms. The summed E-state index contributed by atoms with van der Waals surface area (Å²) in [5.41, 5.74) is 5.00. The minimum absolute atomic E-state index is 0.0566. The summed E-state index contributed by atoms with van der Waals surface area (Å²) in [5.74, 6) is 1.14. The first kappa shape index (κ1) is 26.3. The number of fused-ring (bicyclic) bond motifs is 2. The van der Waals surface area contributed by atoms with Gasteiger partial charge in [-0.1, -0.05) is 12.1 Å². The molecule has 6 aromatic rings. The standard InChI is InChI=1S/C31H30FN7O3/c1-38-14-20-11-18(7-9-26(20)37-38)29-23-13-19(8-10-27(23)33-34-29)30-35-36-31(42-30)21-12-22(40-2)16-39(15-21)17-24-25(32)5-4-6-28(24)41-3/h4-11,13-14,21-22H,12,15-17H2,1-3H3,(H,33,34). The summed E-state index contributed by atoms with van der Waals surface area (Å²) in [6.45, 7) is 1.68. The zero-order chi connectivity index (χ0) is 28.8. The largest absolute Gasteiger partial charge is 0.496 e. The van der Waals surface area contributed by atoms with Gasteiger partial charge in [0.2, 0.25) is 11.8 Å². The Balaban J connectivity index is 1.16. The maximum atomic E-state index is 14.7. The number of piperidine rings is 1. The SMILES string of the molecule is COc1cccc(F)c1CN1CC(OC)CC(c2nnc(-c3ccc4[nH]nc(-c5ccc6nn(C)cc6c5)c4c3)o2)C1. The number of H-pyrrole nitrogens is 1. The Morgan fingerprint density at radius 2 is 1.93 bits per heavy atom. The van der Waals surface area contributed by atoms with Gasteiger partial charge in [-0.15, -0.1) is 10.2 Å². The Kier molecular flexibility index (Phi) is 6.67. The topological polar surface area (TPSA) is 107 Å². The number of nitrogens with one attached hydrogen (secondary N) is 1. The van der Waals surface area contributed by atoms with Crippen molar-refractivity contribution in [3.8, 4) is 28.5 Å². The third-order valence-corrected chi connectivity index (χ3v) is 7.99. The van der Waals surface area contributed by atoms with E-state index >= 15 is 0 Å². The van der Waals surface area contributed by atoms with Crippen molar-refractivity contribution in [1.82, 2.24) is 35.1 Å².